The molecule has 0 saturated heterocycles. The molecule has 1 heterocycles. The van der Waals surface area contributed by atoms with Crippen LogP contribution >= 0.6 is 23.2 Å². The molecule has 1 aromatic heterocycles. The van der Waals surface area contributed by atoms with Gasteiger partial charge in [-0.15, -0.1) is 0 Å². The SMILES string of the molecule is CCCc1nc(C(=O)O)c(Cl)n1Cc1ccc(OCc2cccc(N(C(=O)O)S(=O)(=O)c3ccccc3)c2Cl)cc1. The van der Waals surface area contributed by atoms with E-state index in [4.69, 9.17) is 27.9 Å². The van der Waals surface area contributed by atoms with Gasteiger partial charge in [-0.3, -0.25) is 0 Å². The first-order valence-corrected chi connectivity index (χ1v) is 14.5. The number of imidazole rings is 1. The molecular formula is C28H25Cl2N3O7S. The maximum atomic E-state index is 13.1. The van der Waals surface area contributed by atoms with E-state index in [0.717, 1.165) is 12.0 Å². The number of ether oxygens (including phenoxy) is 1. The number of rotatable bonds is 11. The first kappa shape index (κ1) is 29.9. The number of amides is 1. The van der Waals surface area contributed by atoms with Gasteiger partial charge in [-0.2, -0.15) is 4.31 Å². The topological polar surface area (TPSA) is 139 Å². The number of carboxylic acid groups (broad SMARTS) is 2. The molecule has 3 aromatic carbocycles. The number of aromatic carboxylic acids is 1. The second-order valence-corrected chi connectivity index (χ2v) is 11.4. The van der Waals surface area contributed by atoms with Crippen molar-refractivity contribution in [2.75, 3.05) is 4.31 Å². The highest BCUT2D eigenvalue weighted by Crippen LogP contribution is 2.34. The summed E-state index contributed by atoms with van der Waals surface area (Å²) in [4.78, 5) is 27.5. The molecule has 0 aliphatic heterocycles. The van der Waals surface area contributed by atoms with Crippen LogP contribution in [-0.4, -0.2) is 40.2 Å². The molecule has 1 amide bonds. The fraction of sp³-hybridized carbons (Fsp3) is 0.179. The Morgan fingerprint density at radius 3 is 2.27 bits per heavy atom. The van der Waals surface area contributed by atoms with Crippen LogP contribution in [0.5, 0.6) is 5.75 Å². The van der Waals surface area contributed by atoms with Gasteiger partial charge in [-0.1, -0.05) is 72.6 Å². The molecule has 13 heteroatoms. The number of carbonyl (C=O) groups is 2. The minimum Gasteiger partial charge on any atom is -0.489 e. The fourth-order valence-electron chi connectivity index (χ4n) is 4.09. The Morgan fingerprint density at radius 1 is 0.976 bits per heavy atom. The van der Waals surface area contributed by atoms with Crippen LogP contribution in [0, 0.1) is 0 Å². The molecule has 0 saturated carbocycles. The molecule has 0 bridgehead atoms. The molecule has 0 radical (unpaired) electrons. The fourth-order valence-corrected chi connectivity index (χ4v) is 6.01. The van der Waals surface area contributed by atoms with E-state index in [1.165, 1.54) is 36.4 Å². The number of sulfonamides is 1. The van der Waals surface area contributed by atoms with E-state index in [1.807, 2.05) is 6.92 Å². The van der Waals surface area contributed by atoms with Crippen LogP contribution in [0.2, 0.25) is 10.2 Å². The minimum atomic E-state index is -4.44. The molecule has 0 aliphatic rings. The Balaban J connectivity index is 1.52. The van der Waals surface area contributed by atoms with Crippen LogP contribution in [0.15, 0.2) is 77.7 Å². The Morgan fingerprint density at radius 2 is 1.66 bits per heavy atom. The van der Waals surface area contributed by atoms with Gasteiger partial charge in [-0.05, 0) is 42.3 Å². The van der Waals surface area contributed by atoms with Crippen molar-refractivity contribution < 1.29 is 33.0 Å². The average Bonchev–Trinajstić information content (AvgIpc) is 3.25. The van der Waals surface area contributed by atoms with Crippen LogP contribution in [0.3, 0.4) is 0 Å². The number of hydrogen-bond acceptors (Lipinski definition) is 6. The van der Waals surface area contributed by atoms with E-state index < -0.39 is 22.1 Å². The Labute approximate surface area is 246 Å². The van der Waals surface area contributed by atoms with Crippen LogP contribution in [0.1, 0.15) is 40.8 Å². The van der Waals surface area contributed by atoms with Gasteiger partial charge < -0.3 is 19.5 Å². The first-order chi connectivity index (χ1) is 19.5. The number of carboxylic acids is 1. The lowest BCUT2D eigenvalue weighted by Gasteiger charge is -2.21. The summed E-state index contributed by atoms with van der Waals surface area (Å²) >= 11 is 12.8. The van der Waals surface area contributed by atoms with Crippen LogP contribution in [0.4, 0.5) is 10.5 Å². The van der Waals surface area contributed by atoms with Crippen molar-refractivity contribution in [1.82, 2.24) is 9.55 Å². The van der Waals surface area contributed by atoms with Crippen molar-refractivity contribution in [3.8, 4) is 5.75 Å². The minimum absolute atomic E-state index is 0.0560. The molecule has 10 nitrogen and oxygen atoms in total. The van der Waals surface area contributed by atoms with Gasteiger partial charge in [-0.25, -0.2) is 23.0 Å². The highest BCUT2D eigenvalue weighted by Gasteiger charge is 2.33. The predicted octanol–water partition coefficient (Wildman–Crippen LogP) is 6.34. The molecule has 4 aromatic rings. The number of anilines is 1. The summed E-state index contributed by atoms with van der Waals surface area (Å²) < 4.78 is 34.0. The van der Waals surface area contributed by atoms with Crippen LogP contribution < -0.4 is 9.04 Å². The van der Waals surface area contributed by atoms with Crippen molar-refractivity contribution in [2.45, 2.75) is 37.8 Å². The Hall–Kier alpha value is -4.06. The number of halogens is 2. The zero-order valence-electron chi connectivity index (χ0n) is 21.7. The molecule has 2 N–H and O–H groups in total. The third-order valence-electron chi connectivity index (χ3n) is 6.05. The number of hydrogen-bond donors (Lipinski definition) is 2. The van der Waals surface area contributed by atoms with Crippen molar-refractivity contribution in [2.24, 2.45) is 0 Å². The average molecular weight is 618 g/mol. The molecule has 41 heavy (non-hydrogen) atoms. The predicted molar refractivity (Wildman–Crippen MR) is 154 cm³/mol. The number of aryl methyl sites for hydroxylation is 1. The standard InChI is InChI=1S/C28H25Cl2N3O7S/c1-2-7-23-31-25(27(34)35)26(30)32(23)16-18-12-14-20(15-13-18)40-17-19-8-6-11-22(24(19)29)33(28(36)37)41(38,39)21-9-4-3-5-10-21/h3-6,8-15H,2,7,16-17H2,1H3,(H,34,35)(H,36,37). The molecule has 0 unspecified atom stereocenters. The third-order valence-corrected chi connectivity index (χ3v) is 8.57. The van der Waals surface area contributed by atoms with Gasteiger partial charge in [0.1, 0.15) is 23.3 Å². The van der Waals surface area contributed by atoms with E-state index >= 15 is 0 Å². The van der Waals surface area contributed by atoms with Gasteiger partial charge >= 0.3 is 12.1 Å². The van der Waals surface area contributed by atoms with Crippen LogP contribution in [0.25, 0.3) is 0 Å². The lowest BCUT2D eigenvalue weighted by Crippen LogP contribution is -2.36. The summed E-state index contributed by atoms with van der Waals surface area (Å²) in [5.74, 6) is -0.143. The Bertz CT molecular complexity index is 1680. The summed E-state index contributed by atoms with van der Waals surface area (Å²) in [6.45, 7) is 2.20. The van der Waals surface area contributed by atoms with Crippen molar-refractivity contribution in [3.05, 3.63) is 106 Å². The van der Waals surface area contributed by atoms with E-state index in [9.17, 15) is 28.2 Å². The monoisotopic (exact) mass is 617 g/mol. The van der Waals surface area contributed by atoms with Gasteiger partial charge in [0.15, 0.2) is 5.69 Å². The molecule has 0 atom stereocenters. The van der Waals surface area contributed by atoms with Crippen LogP contribution in [-0.2, 0) is 29.6 Å². The second kappa shape index (κ2) is 12.6. The van der Waals surface area contributed by atoms with E-state index in [0.29, 0.717) is 30.1 Å². The second-order valence-electron chi connectivity index (χ2n) is 8.86. The molecule has 0 aliphatic carbocycles. The summed E-state index contributed by atoms with van der Waals surface area (Å²) in [6, 6.07) is 18.6. The van der Waals surface area contributed by atoms with Gasteiger partial charge in [0.05, 0.1) is 22.2 Å². The van der Waals surface area contributed by atoms with Gasteiger partial charge in [0.25, 0.3) is 10.0 Å². The number of aromatic nitrogens is 2. The molecule has 214 valence electrons. The first-order valence-electron chi connectivity index (χ1n) is 12.3. The maximum Gasteiger partial charge on any atom is 0.426 e. The summed E-state index contributed by atoms with van der Waals surface area (Å²) in [7, 11) is -4.44. The van der Waals surface area contributed by atoms with E-state index in [2.05, 4.69) is 4.98 Å². The molecule has 0 fully saturated rings. The summed E-state index contributed by atoms with van der Waals surface area (Å²) in [5.41, 5.74) is 0.792. The number of nitrogens with zero attached hydrogens (tertiary/aromatic N) is 3. The lowest BCUT2D eigenvalue weighted by molar-refractivity contribution is 0.0691. The zero-order valence-corrected chi connectivity index (χ0v) is 24.0. The number of benzene rings is 3. The van der Waals surface area contributed by atoms with E-state index in [1.54, 1.807) is 41.0 Å². The normalized spacial score (nSPS) is 11.3. The molecule has 0 spiro atoms. The van der Waals surface area contributed by atoms with E-state index in [-0.39, 0.29) is 37.4 Å². The zero-order chi connectivity index (χ0) is 29.7. The largest absolute Gasteiger partial charge is 0.489 e. The highest BCUT2D eigenvalue weighted by atomic mass is 35.5. The maximum absolute atomic E-state index is 13.1. The third kappa shape index (κ3) is 6.48. The summed E-state index contributed by atoms with van der Waals surface area (Å²) in [6.07, 6.45) is -0.370. The quantitative estimate of drug-likeness (QED) is 0.199. The highest BCUT2D eigenvalue weighted by molar-refractivity contribution is 7.93. The van der Waals surface area contributed by atoms with Gasteiger partial charge in [0, 0.05) is 12.0 Å². The Kier molecular flexibility index (Phi) is 9.21. The van der Waals surface area contributed by atoms with Gasteiger partial charge in [0.2, 0.25) is 0 Å². The smallest absolute Gasteiger partial charge is 0.426 e. The van der Waals surface area contributed by atoms with Crippen molar-refractivity contribution in [3.63, 3.8) is 0 Å². The molecule has 4 rings (SSSR count). The molecular weight excluding hydrogens is 593 g/mol. The van der Waals surface area contributed by atoms with Crippen molar-refractivity contribution in [1.29, 1.82) is 0 Å². The van der Waals surface area contributed by atoms with Crippen molar-refractivity contribution >= 4 is 51.0 Å². The summed E-state index contributed by atoms with van der Waals surface area (Å²) in [5, 5.41) is 19.1. The lowest BCUT2D eigenvalue weighted by atomic mass is 10.2.